The second kappa shape index (κ2) is 12.1. The van der Waals surface area contributed by atoms with Crippen LogP contribution in [-0.4, -0.2) is 53.2 Å². The van der Waals surface area contributed by atoms with Gasteiger partial charge in [-0.1, -0.05) is 45.5 Å². The number of nitrogens with one attached hydrogen (secondary N) is 3. The van der Waals surface area contributed by atoms with Crippen molar-refractivity contribution in [3.05, 3.63) is 76.4 Å². The van der Waals surface area contributed by atoms with E-state index in [1.54, 1.807) is 17.0 Å². The third kappa shape index (κ3) is 5.73. The smallest absolute Gasteiger partial charge is 0.248 e. The number of amides is 2. The fourth-order valence-electron chi connectivity index (χ4n) is 7.33. The van der Waals surface area contributed by atoms with Crippen LogP contribution < -0.4 is 16.8 Å². The van der Waals surface area contributed by atoms with E-state index in [0.717, 1.165) is 34.2 Å². The van der Waals surface area contributed by atoms with Gasteiger partial charge in [-0.2, -0.15) is 5.26 Å². The van der Waals surface area contributed by atoms with E-state index >= 15 is 0 Å². The largest absolute Gasteiger partial charge is 0.428 e. The minimum Gasteiger partial charge on any atom is -0.428 e. The lowest BCUT2D eigenvalue weighted by atomic mass is 9.68. The van der Waals surface area contributed by atoms with Gasteiger partial charge >= 0.3 is 0 Å². The van der Waals surface area contributed by atoms with Crippen molar-refractivity contribution in [2.75, 3.05) is 6.54 Å². The third-order valence-corrected chi connectivity index (χ3v) is 9.89. The van der Waals surface area contributed by atoms with Crippen molar-refractivity contribution in [2.45, 2.75) is 76.9 Å². The highest BCUT2D eigenvalue weighted by molar-refractivity contribution is 5.99. The molecule has 1 saturated carbocycles. The van der Waals surface area contributed by atoms with Crippen molar-refractivity contribution in [2.24, 2.45) is 29.2 Å². The van der Waals surface area contributed by atoms with E-state index < -0.39 is 17.4 Å². The highest BCUT2D eigenvalue weighted by Gasteiger charge is 2.60. The molecule has 10 nitrogen and oxygen atoms in total. The van der Waals surface area contributed by atoms with E-state index in [2.05, 4.69) is 24.9 Å². The molecule has 2 aromatic carbocycles. The number of nitriles is 1. The number of carbonyl (C=O) groups is 2. The molecular formula is C35H43N7O3. The van der Waals surface area contributed by atoms with Gasteiger partial charge in [0, 0.05) is 29.3 Å². The number of rotatable bonds is 9. The lowest BCUT2D eigenvalue weighted by Gasteiger charge is -2.39. The summed E-state index contributed by atoms with van der Waals surface area (Å²) in [6.07, 6.45) is 2.22. The fraction of sp³-hybridized carbons (Fsp3) is 0.457. The summed E-state index contributed by atoms with van der Waals surface area (Å²) in [7, 11) is 0. The highest BCUT2D eigenvalue weighted by Crippen LogP contribution is 2.53. The third-order valence-electron chi connectivity index (χ3n) is 9.89. The van der Waals surface area contributed by atoms with Crippen molar-refractivity contribution in [3.8, 4) is 6.07 Å². The monoisotopic (exact) mass is 609 g/mol. The molecule has 2 amide bonds. The molecule has 10 heteroatoms. The summed E-state index contributed by atoms with van der Waals surface area (Å²) in [5.74, 6) is -0.242. The molecule has 236 valence electrons. The number of likely N-dealkylation sites (tertiary alicyclic amines) is 1. The van der Waals surface area contributed by atoms with Crippen LogP contribution in [0.15, 0.2) is 43.0 Å². The van der Waals surface area contributed by atoms with Gasteiger partial charge in [-0.3, -0.25) is 20.4 Å². The normalized spacial score (nSPS) is 25.2. The van der Waals surface area contributed by atoms with E-state index in [4.69, 9.17) is 21.6 Å². The van der Waals surface area contributed by atoms with E-state index in [1.165, 1.54) is 0 Å². The van der Waals surface area contributed by atoms with Gasteiger partial charge in [0.15, 0.2) is 5.90 Å². The van der Waals surface area contributed by atoms with E-state index in [0.29, 0.717) is 42.4 Å². The number of hydrogen-bond acceptors (Lipinski definition) is 8. The number of ether oxygens (including phenoxy) is 1. The Morgan fingerprint density at radius 2 is 1.71 bits per heavy atom. The first-order valence-corrected chi connectivity index (χ1v) is 15.6. The van der Waals surface area contributed by atoms with E-state index in [9.17, 15) is 20.3 Å². The van der Waals surface area contributed by atoms with E-state index in [1.807, 2.05) is 45.0 Å². The van der Waals surface area contributed by atoms with Crippen molar-refractivity contribution in [3.63, 3.8) is 0 Å². The second-order valence-electron chi connectivity index (χ2n) is 13.2. The number of nitrogens with two attached hydrogens (primary N) is 2. The molecule has 0 radical (unpaired) electrons. The number of primary amides is 1. The summed E-state index contributed by atoms with van der Waals surface area (Å²) in [6, 6.07) is 12.8. The predicted molar refractivity (Wildman–Crippen MR) is 174 cm³/mol. The van der Waals surface area contributed by atoms with E-state index in [-0.39, 0.29) is 42.2 Å². The maximum absolute atomic E-state index is 13.4. The predicted octanol–water partition coefficient (Wildman–Crippen LogP) is 3.85. The molecule has 2 aliphatic carbocycles. The lowest BCUT2D eigenvalue weighted by molar-refractivity contribution is -0.131. The zero-order valence-corrected chi connectivity index (χ0v) is 26.4. The van der Waals surface area contributed by atoms with Gasteiger partial charge in [0.1, 0.15) is 6.04 Å². The Kier molecular flexibility index (Phi) is 8.60. The summed E-state index contributed by atoms with van der Waals surface area (Å²) in [4.78, 5) is 27.4. The molecule has 1 saturated heterocycles. The van der Waals surface area contributed by atoms with Gasteiger partial charge in [0.05, 0.1) is 18.0 Å². The Hall–Kier alpha value is -4.49. The van der Waals surface area contributed by atoms with Crippen LogP contribution >= 0.6 is 0 Å². The maximum Gasteiger partial charge on any atom is 0.248 e. The molecule has 45 heavy (non-hydrogen) atoms. The van der Waals surface area contributed by atoms with Crippen LogP contribution in [0.2, 0.25) is 0 Å². The Morgan fingerprint density at radius 1 is 1.11 bits per heavy atom. The van der Waals surface area contributed by atoms with Crippen LogP contribution in [0.4, 0.5) is 0 Å². The van der Waals surface area contributed by atoms with Crippen LogP contribution in [-0.2, 0) is 27.8 Å². The first kappa shape index (κ1) is 31.9. The molecule has 1 heterocycles. The van der Waals surface area contributed by atoms with Crippen LogP contribution in [0.5, 0.6) is 0 Å². The first-order valence-electron chi connectivity index (χ1n) is 15.6. The number of hydrogen-bond donors (Lipinski definition) is 5. The Morgan fingerprint density at radius 3 is 2.27 bits per heavy atom. The Labute approximate surface area is 264 Å². The molecule has 1 aliphatic heterocycles. The Balaban J connectivity index is 1.57. The van der Waals surface area contributed by atoms with Gasteiger partial charge in [-0.05, 0) is 90.5 Å². The summed E-state index contributed by atoms with van der Waals surface area (Å²) >= 11 is 0. The summed E-state index contributed by atoms with van der Waals surface area (Å²) in [5.41, 5.74) is 15.6. The average molecular weight is 610 g/mol. The topological polar surface area (TPSA) is 182 Å². The minimum atomic E-state index is -1.18. The van der Waals surface area contributed by atoms with Gasteiger partial charge in [0.2, 0.25) is 17.7 Å². The molecule has 7 N–H and O–H groups in total. The molecule has 3 aliphatic rings. The lowest BCUT2D eigenvalue weighted by Crippen LogP contribution is -2.49. The summed E-state index contributed by atoms with van der Waals surface area (Å²) in [6.45, 7) is 11.7. The molecule has 6 atom stereocenters. The number of nitrogens with zero attached hydrogens (tertiary/aromatic N) is 2. The van der Waals surface area contributed by atoms with Crippen LogP contribution in [0.25, 0.3) is 5.70 Å². The van der Waals surface area contributed by atoms with Gasteiger partial charge in [0.25, 0.3) is 0 Å². The maximum atomic E-state index is 13.4. The highest BCUT2D eigenvalue weighted by atomic mass is 16.5. The molecule has 5 unspecified atom stereocenters. The number of piperidine rings is 1. The number of fused-ring (bicyclic) bond motifs is 3. The SMILES string of the molecule is C=C(N)c1ccc2c(c1)CCc1cc(C(N)=O)ccc1C2(C[C@@H](C)NCC(=O)N1C(C#N)CC2C(C)C21)C(=N)OC(=N)C(C)C. The molecule has 2 aromatic rings. The van der Waals surface area contributed by atoms with Crippen molar-refractivity contribution in [1.29, 1.82) is 16.1 Å². The standard InChI is InChI=1S/C35H43N7O3/c1-18(2)33(39)45-34(40)35(15-19(3)41-17-30(43)42-26(16-36)14-27-20(4)31(27)42)28-10-8-22(21(5)37)12-23(28)6-7-24-13-25(32(38)44)9-11-29(24)35/h8-13,18-20,26-27,31,39-41H,5-7,14-15,17,37H2,1-4H3,(H2,38,44)/t19-,20?,26?,27?,31?,35?/m1/s1. The molecule has 2 fully saturated rings. The van der Waals surface area contributed by atoms with Gasteiger partial charge in [-0.15, -0.1) is 0 Å². The first-order chi connectivity index (χ1) is 21.3. The summed E-state index contributed by atoms with van der Waals surface area (Å²) in [5, 5.41) is 31.1. The van der Waals surface area contributed by atoms with Crippen molar-refractivity contribution < 1.29 is 14.3 Å². The van der Waals surface area contributed by atoms with Crippen molar-refractivity contribution >= 4 is 29.3 Å². The second-order valence-corrected chi connectivity index (χ2v) is 13.2. The average Bonchev–Trinajstić information content (AvgIpc) is 3.48. The number of benzene rings is 2. The number of carbonyl (C=O) groups excluding carboxylic acids is 2. The minimum absolute atomic E-state index is 0.0343. The van der Waals surface area contributed by atoms with Crippen LogP contribution in [0, 0.1) is 39.9 Å². The van der Waals surface area contributed by atoms with Crippen LogP contribution in [0.1, 0.15) is 78.7 Å². The molecule has 0 aromatic heterocycles. The summed E-state index contributed by atoms with van der Waals surface area (Å²) < 4.78 is 6.04. The molecule has 5 rings (SSSR count). The Bertz CT molecular complexity index is 1560. The van der Waals surface area contributed by atoms with Gasteiger partial charge < -0.3 is 26.4 Å². The van der Waals surface area contributed by atoms with Gasteiger partial charge in [-0.25, -0.2) is 0 Å². The fourth-order valence-corrected chi connectivity index (χ4v) is 7.33. The zero-order chi connectivity index (χ0) is 32.8. The van der Waals surface area contributed by atoms with Crippen molar-refractivity contribution in [1.82, 2.24) is 10.2 Å². The number of aryl methyl sites for hydroxylation is 2. The molecule has 0 spiro atoms. The molecule has 0 bridgehead atoms. The molecular weight excluding hydrogens is 566 g/mol. The zero-order valence-electron chi connectivity index (χ0n) is 26.4. The quantitative estimate of drug-likeness (QED) is 0.212. The van der Waals surface area contributed by atoms with Crippen LogP contribution in [0.3, 0.4) is 0 Å².